The number of carbonyl (C=O) groups is 1. The lowest BCUT2D eigenvalue weighted by Gasteiger charge is -2.35. The second kappa shape index (κ2) is 8.24. The Labute approximate surface area is 214 Å². The normalized spacial score (nSPS) is 22.5. The molecule has 3 aliphatic rings. The molecule has 1 amide bonds. The number of hydrogen-bond donors (Lipinski definition) is 0. The maximum atomic E-state index is 15.2. The van der Waals surface area contributed by atoms with Gasteiger partial charge in [0, 0.05) is 35.7 Å². The molecule has 3 atom stereocenters. The summed E-state index contributed by atoms with van der Waals surface area (Å²) in [5.74, 6) is -0.00155. The molecule has 2 aromatic heterocycles. The first-order chi connectivity index (χ1) is 18.0. The van der Waals surface area contributed by atoms with Gasteiger partial charge in [0.1, 0.15) is 11.5 Å². The van der Waals surface area contributed by atoms with E-state index in [1.807, 2.05) is 29.2 Å². The number of benzene rings is 2. The highest BCUT2D eigenvalue weighted by Gasteiger charge is 2.39. The van der Waals surface area contributed by atoms with Gasteiger partial charge < -0.3 is 4.90 Å². The molecule has 1 aliphatic heterocycles. The van der Waals surface area contributed by atoms with Gasteiger partial charge in [0.2, 0.25) is 0 Å². The second-order valence-corrected chi connectivity index (χ2v) is 10.6. The fourth-order valence-electron chi connectivity index (χ4n) is 5.78. The third-order valence-corrected chi connectivity index (χ3v) is 8.18. The Bertz CT molecular complexity index is 1610. The molecule has 2 aromatic carbocycles. The number of nitrogens with zero attached hydrogens (tertiary/aromatic N) is 5. The lowest BCUT2D eigenvalue weighted by atomic mass is 9.93. The molecule has 3 heterocycles. The summed E-state index contributed by atoms with van der Waals surface area (Å²) >= 11 is 0. The maximum Gasteiger partial charge on any atom is 0.273 e. The zero-order chi connectivity index (χ0) is 25.3. The van der Waals surface area contributed by atoms with Gasteiger partial charge in [-0.2, -0.15) is 10.4 Å². The first-order valence-corrected chi connectivity index (χ1v) is 13.0. The minimum absolute atomic E-state index is 0.0159. The van der Waals surface area contributed by atoms with Gasteiger partial charge in [0.05, 0.1) is 23.7 Å². The molecule has 0 spiro atoms. The summed E-state index contributed by atoms with van der Waals surface area (Å²) in [5, 5.41) is 13.8. The van der Waals surface area contributed by atoms with Gasteiger partial charge in [-0.05, 0) is 67.5 Å². The molecule has 6 nitrogen and oxygen atoms in total. The fraction of sp³-hybridized carbons (Fsp3) is 0.333. The van der Waals surface area contributed by atoms with E-state index in [4.69, 9.17) is 15.3 Å². The smallest absolute Gasteiger partial charge is 0.273 e. The molecule has 7 rings (SSSR count). The van der Waals surface area contributed by atoms with Crippen molar-refractivity contribution >= 4 is 11.6 Å². The molecule has 0 bridgehead atoms. The van der Waals surface area contributed by atoms with Crippen LogP contribution in [0.5, 0.6) is 0 Å². The van der Waals surface area contributed by atoms with Crippen molar-refractivity contribution in [2.45, 2.75) is 50.5 Å². The number of hydrogen-bond acceptors (Lipinski definition) is 4. The van der Waals surface area contributed by atoms with Gasteiger partial charge in [-0.1, -0.05) is 30.3 Å². The van der Waals surface area contributed by atoms with Gasteiger partial charge in [-0.3, -0.25) is 4.79 Å². The summed E-state index contributed by atoms with van der Waals surface area (Å²) < 4.78 is 16.9. The third-order valence-electron chi connectivity index (χ3n) is 8.18. The van der Waals surface area contributed by atoms with Gasteiger partial charge >= 0.3 is 0 Å². The zero-order valence-corrected chi connectivity index (χ0v) is 20.6. The average molecular weight is 492 g/mol. The summed E-state index contributed by atoms with van der Waals surface area (Å²) in [7, 11) is 0. The fourth-order valence-corrected chi connectivity index (χ4v) is 5.78. The quantitative estimate of drug-likeness (QED) is 0.362. The molecule has 2 fully saturated rings. The van der Waals surface area contributed by atoms with Crippen molar-refractivity contribution < 1.29 is 9.18 Å². The Hall–Kier alpha value is -4.05. The van der Waals surface area contributed by atoms with Crippen LogP contribution < -0.4 is 0 Å². The molecular formula is C30H26FN5O. The first-order valence-electron chi connectivity index (χ1n) is 13.0. The molecule has 184 valence electrons. The number of fused-ring (bicyclic) bond motifs is 2. The van der Waals surface area contributed by atoms with E-state index in [1.165, 1.54) is 17.2 Å². The van der Waals surface area contributed by atoms with Crippen LogP contribution >= 0.6 is 0 Å². The molecule has 7 heteroatoms. The summed E-state index contributed by atoms with van der Waals surface area (Å²) in [6.45, 7) is 2.72. The Morgan fingerprint density at radius 3 is 2.73 bits per heavy atom. The third kappa shape index (κ3) is 3.71. The summed E-state index contributed by atoms with van der Waals surface area (Å²) in [4.78, 5) is 20.3. The highest BCUT2D eigenvalue weighted by molar-refractivity contribution is 5.93. The molecule has 2 aliphatic carbocycles. The topological polar surface area (TPSA) is 74.3 Å². The van der Waals surface area contributed by atoms with E-state index in [0.29, 0.717) is 35.1 Å². The average Bonchev–Trinajstić information content (AvgIpc) is 3.84. The van der Waals surface area contributed by atoms with E-state index < -0.39 is 0 Å². The van der Waals surface area contributed by atoms with E-state index >= 15 is 4.39 Å². The van der Waals surface area contributed by atoms with Crippen molar-refractivity contribution in [1.29, 1.82) is 5.26 Å². The summed E-state index contributed by atoms with van der Waals surface area (Å²) in [6.07, 6.45) is 3.70. The molecule has 2 saturated carbocycles. The van der Waals surface area contributed by atoms with Crippen LogP contribution in [0.25, 0.3) is 16.9 Å². The molecule has 0 radical (unpaired) electrons. The van der Waals surface area contributed by atoms with Crippen molar-refractivity contribution in [2.24, 2.45) is 5.92 Å². The van der Waals surface area contributed by atoms with Crippen LogP contribution in [0.2, 0.25) is 0 Å². The van der Waals surface area contributed by atoms with Gasteiger partial charge in [0.15, 0.2) is 5.65 Å². The predicted molar refractivity (Wildman–Crippen MR) is 136 cm³/mol. The highest BCUT2D eigenvalue weighted by Crippen LogP contribution is 2.47. The SMILES string of the molecule is C[C@@H]1c2ccccc2CCN1C(=O)c1cc(C2CC2)n2nc(-c3ccc([C@H]4C[C@@H]4C#N)cc3F)cc2n1. The van der Waals surface area contributed by atoms with Crippen molar-refractivity contribution in [3.05, 3.63) is 88.5 Å². The molecule has 37 heavy (non-hydrogen) atoms. The summed E-state index contributed by atoms with van der Waals surface area (Å²) in [6, 6.07) is 19.3. The van der Waals surface area contributed by atoms with E-state index in [2.05, 4.69) is 25.1 Å². The van der Waals surface area contributed by atoms with Crippen LogP contribution in [0.15, 0.2) is 54.6 Å². The lowest BCUT2D eigenvalue weighted by molar-refractivity contribution is 0.0671. The minimum atomic E-state index is -0.352. The van der Waals surface area contributed by atoms with Crippen molar-refractivity contribution in [2.75, 3.05) is 6.54 Å². The van der Waals surface area contributed by atoms with Gasteiger partial charge in [-0.15, -0.1) is 0 Å². The van der Waals surface area contributed by atoms with Crippen molar-refractivity contribution in [3.63, 3.8) is 0 Å². The van der Waals surface area contributed by atoms with Gasteiger partial charge in [0.25, 0.3) is 5.91 Å². The molecular weight excluding hydrogens is 465 g/mol. The van der Waals surface area contributed by atoms with E-state index in [0.717, 1.165) is 36.9 Å². The van der Waals surface area contributed by atoms with Crippen LogP contribution in [0, 0.1) is 23.1 Å². The monoisotopic (exact) mass is 491 g/mol. The van der Waals surface area contributed by atoms with Crippen LogP contribution in [0.3, 0.4) is 0 Å². The number of aromatic nitrogens is 3. The molecule has 0 saturated heterocycles. The van der Waals surface area contributed by atoms with Crippen molar-refractivity contribution in [3.8, 4) is 17.3 Å². The highest BCUT2D eigenvalue weighted by atomic mass is 19.1. The molecule has 0 unspecified atom stereocenters. The van der Waals surface area contributed by atoms with E-state index in [1.54, 1.807) is 16.6 Å². The maximum absolute atomic E-state index is 15.2. The molecule has 4 aromatic rings. The van der Waals surface area contributed by atoms with E-state index in [-0.39, 0.29) is 29.6 Å². The zero-order valence-electron chi connectivity index (χ0n) is 20.6. The Kier molecular flexibility index (Phi) is 4.94. The Morgan fingerprint density at radius 2 is 1.97 bits per heavy atom. The van der Waals surface area contributed by atoms with Crippen LogP contribution in [0.4, 0.5) is 4.39 Å². The number of halogens is 1. The van der Waals surface area contributed by atoms with E-state index in [9.17, 15) is 4.79 Å². The number of amides is 1. The first kappa shape index (κ1) is 22.2. The van der Waals surface area contributed by atoms with Crippen LogP contribution in [-0.2, 0) is 6.42 Å². The Balaban J connectivity index is 1.25. The van der Waals surface area contributed by atoms with Crippen LogP contribution in [-0.4, -0.2) is 31.9 Å². The minimum Gasteiger partial charge on any atom is -0.330 e. The standard InChI is InChI=1S/C30H26FN5O/c1-17-22-5-3-2-4-18(22)10-11-35(17)30(37)27-14-28(19-6-7-19)36-29(33-27)15-26(34-36)23-9-8-20(13-25(23)31)24-12-21(24)16-32/h2-5,8-9,13-15,17,19,21,24H,6-7,10-12H2,1H3/t17-,21-,24-/m1/s1. The number of nitriles is 1. The number of rotatable bonds is 4. The lowest BCUT2D eigenvalue weighted by Crippen LogP contribution is -2.39. The number of carbonyl (C=O) groups excluding carboxylic acids is 1. The van der Waals surface area contributed by atoms with Gasteiger partial charge in [-0.25, -0.2) is 13.9 Å². The predicted octanol–water partition coefficient (Wildman–Crippen LogP) is 5.80. The van der Waals surface area contributed by atoms with Crippen LogP contribution in [0.1, 0.15) is 76.9 Å². The molecule has 0 N–H and O–H groups in total. The summed E-state index contributed by atoms with van der Waals surface area (Å²) in [5.41, 5.74) is 6.16. The largest absolute Gasteiger partial charge is 0.330 e. The second-order valence-electron chi connectivity index (χ2n) is 10.6. The van der Waals surface area contributed by atoms with Crippen molar-refractivity contribution in [1.82, 2.24) is 19.5 Å². The Morgan fingerprint density at radius 1 is 1.14 bits per heavy atom.